The monoisotopic (exact) mass is 317 g/mol. The quantitative estimate of drug-likeness (QED) is 0.906. The number of carboxylic acid groups (broad SMARTS) is 1. The van der Waals surface area contributed by atoms with Crippen LogP contribution in [0, 0.1) is 5.82 Å². The van der Waals surface area contributed by atoms with Gasteiger partial charge in [-0.3, -0.25) is 14.7 Å². The summed E-state index contributed by atoms with van der Waals surface area (Å²) in [5.41, 5.74) is 1.55. The number of likely N-dealkylation sites (tertiary alicyclic amines) is 1. The highest BCUT2D eigenvalue weighted by atomic mass is 19.1. The molecule has 1 fully saturated rings. The zero-order valence-electron chi connectivity index (χ0n) is 12.3. The molecule has 3 rings (SSSR count). The summed E-state index contributed by atoms with van der Waals surface area (Å²) in [7, 11) is 0. The summed E-state index contributed by atoms with van der Waals surface area (Å²) in [5.74, 6) is -1.50. The molecule has 1 aromatic heterocycles. The minimum Gasteiger partial charge on any atom is -0.481 e. The molecule has 6 nitrogen and oxygen atoms in total. The Bertz CT molecular complexity index is 726. The minimum atomic E-state index is -0.911. The Morgan fingerprint density at radius 1 is 1.35 bits per heavy atom. The van der Waals surface area contributed by atoms with Gasteiger partial charge in [0.25, 0.3) is 5.91 Å². The first-order valence-corrected chi connectivity index (χ1v) is 7.38. The van der Waals surface area contributed by atoms with E-state index in [0.29, 0.717) is 29.9 Å². The van der Waals surface area contributed by atoms with E-state index in [-0.39, 0.29) is 24.2 Å². The van der Waals surface area contributed by atoms with Gasteiger partial charge in [0.1, 0.15) is 11.5 Å². The maximum atomic E-state index is 13.0. The van der Waals surface area contributed by atoms with Gasteiger partial charge in [0.05, 0.1) is 12.1 Å². The van der Waals surface area contributed by atoms with Gasteiger partial charge in [-0.25, -0.2) is 4.39 Å². The highest BCUT2D eigenvalue weighted by Gasteiger charge is 2.31. The van der Waals surface area contributed by atoms with E-state index in [1.54, 1.807) is 23.1 Å². The standard InChI is InChI=1S/C16H16FN3O3/c17-11-5-3-10(4-6-11)13-9-14(19-18-13)16(23)20-7-1-2-12(20)8-15(21)22/h3-6,9,12H,1-2,7-8H2,(H,18,19)(H,21,22). The molecule has 0 bridgehead atoms. The normalized spacial score (nSPS) is 17.4. The third-order valence-electron chi connectivity index (χ3n) is 4.00. The molecule has 1 aliphatic rings. The Morgan fingerprint density at radius 2 is 2.09 bits per heavy atom. The van der Waals surface area contributed by atoms with Crippen molar-refractivity contribution in [2.45, 2.75) is 25.3 Å². The number of hydrogen-bond donors (Lipinski definition) is 2. The van der Waals surface area contributed by atoms with Crippen LogP contribution in [0.5, 0.6) is 0 Å². The predicted molar refractivity (Wildman–Crippen MR) is 80.3 cm³/mol. The van der Waals surface area contributed by atoms with E-state index in [1.807, 2.05) is 0 Å². The summed E-state index contributed by atoms with van der Waals surface area (Å²) in [4.78, 5) is 25.0. The van der Waals surface area contributed by atoms with Gasteiger partial charge in [-0.1, -0.05) is 0 Å². The Labute approximate surface area is 131 Å². The van der Waals surface area contributed by atoms with Gasteiger partial charge in [0.15, 0.2) is 0 Å². The summed E-state index contributed by atoms with van der Waals surface area (Å²) in [5, 5.41) is 15.7. The molecule has 1 atom stereocenters. The van der Waals surface area contributed by atoms with E-state index in [1.165, 1.54) is 12.1 Å². The van der Waals surface area contributed by atoms with Gasteiger partial charge in [-0.05, 0) is 43.2 Å². The summed E-state index contributed by atoms with van der Waals surface area (Å²) in [6.07, 6.45) is 1.43. The lowest BCUT2D eigenvalue weighted by atomic mass is 10.1. The number of carbonyl (C=O) groups excluding carboxylic acids is 1. The Hall–Kier alpha value is -2.70. The molecule has 120 valence electrons. The molecule has 1 aromatic carbocycles. The molecule has 1 amide bonds. The average molecular weight is 317 g/mol. The second-order valence-electron chi connectivity index (χ2n) is 5.57. The summed E-state index contributed by atoms with van der Waals surface area (Å²) in [6.45, 7) is 0.543. The lowest BCUT2D eigenvalue weighted by molar-refractivity contribution is -0.137. The van der Waals surface area contributed by atoms with Crippen LogP contribution in [0.1, 0.15) is 29.8 Å². The molecule has 1 unspecified atom stereocenters. The van der Waals surface area contributed by atoms with Crippen molar-refractivity contribution >= 4 is 11.9 Å². The van der Waals surface area contributed by atoms with Crippen LogP contribution in [0.4, 0.5) is 4.39 Å². The minimum absolute atomic E-state index is 0.0509. The number of aromatic amines is 1. The maximum absolute atomic E-state index is 13.0. The molecule has 0 aliphatic carbocycles. The molecular weight excluding hydrogens is 301 g/mol. The average Bonchev–Trinajstić information content (AvgIpc) is 3.16. The number of nitrogens with zero attached hydrogens (tertiary/aromatic N) is 2. The van der Waals surface area contributed by atoms with E-state index in [2.05, 4.69) is 10.2 Å². The van der Waals surface area contributed by atoms with Crippen molar-refractivity contribution < 1.29 is 19.1 Å². The van der Waals surface area contributed by atoms with Crippen molar-refractivity contribution in [3.63, 3.8) is 0 Å². The number of benzene rings is 1. The van der Waals surface area contributed by atoms with E-state index >= 15 is 0 Å². The van der Waals surface area contributed by atoms with Crippen LogP contribution >= 0.6 is 0 Å². The van der Waals surface area contributed by atoms with Gasteiger partial charge in [-0.2, -0.15) is 5.10 Å². The second kappa shape index (κ2) is 6.20. The third-order valence-corrected chi connectivity index (χ3v) is 4.00. The van der Waals surface area contributed by atoms with E-state index in [9.17, 15) is 14.0 Å². The van der Waals surface area contributed by atoms with Crippen molar-refractivity contribution in [1.29, 1.82) is 0 Å². The summed E-state index contributed by atoms with van der Waals surface area (Å²) >= 11 is 0. The molecule has 2 N–H and O–H groups in total. The van der Waals surface area contributed by atoms with Crippen LogP contribution in [-0.2, 0) is 4.79 Å². The Balaban J connectivity index is 1.78. The number of H-pyrrole nitrogens is 1. The van der Waals surface area contributed by atoms with Gasteiger partial charge in [0.2, 0.25) is 0 Å². The first-order chi connectivity index (χ1) is 11.0. The first-order valence-electron chi connectivity index (χ1n) is 7.38. The Kier molecular flexibility index (Phi) is 4.10. The number of aromatic nitrogens is 2. The van der Waals surface area contributed by atoms with Crippen LogP contribution < -0.4 is 0 Å². The highest BCUT2D eigenvalue weighted by Crippen LogP contribution is 2.24. The van der Waals surface area contributed by atoms with Crippen molar-refractivity contribution in [2.75, 3.05) is 6.54 Å². The number of nitrogens with one attached hydrogen (secondary N) is 1. The van der Waals surface area contributed by atoms with Crippen LogP contribution in [0.15, 0.2) is 30.3 Å². The van der Waals surface area contributed by atoms with Crippen LogP contribution in [0.2, 0.25) is 0 Å². The van der Waals surface area contributed by atoms with Crippen molar-refractivity contribution in [2.24, 2.45) is 0 Å². The molecule has 2 heterocycles. The van der Waals surface area contributed by atoms with Gasteiger partial charge >= 0.3 is 5.97 Å². The van der Waals surface area contributed by atoms with Crippen LogP contribution in [-0.4, -0.2) is 44.7 Å². The van der Waals surface area contributed by atoms with Crippen LogP contribution in [0.25, 0.3) is 11.3 Å². The predicted octanol–water partition coefficient (Wildman–Crippen LogP) is 2.30. The largest absolute Gasteiger partial charge is 0.481 e. The number of hydrogen-bond acceptors (Lipinski definition) is 3. The van der Waals surface area contributed by atoms with Crippen LogP contribution in [0.3, 0.4) is 0 Å². The second-order valence-corrected chi connectivity index (χ2v) is 5.57. The number of carboxylic acids is 1. The number of halogens is 1. The van der Waals surface area contributed by atoms with Gasteiger partial charge in [-0.15, -0.1) is 0 Å². The molecule has 1 saturated heterocycles. The molecule has 1 aliphatic heterocycles. The third kappa shape index (κ3) is 3.23. The summed E-state index contributed by atoms with van der Waals surface area (Å²) in [6, 6.07) is 7.15. The zero-order chi connectivity index (χ0) is 16.4. The van der Waals surface area contributed by atoms with E-state index in [4.69, 9.17) is 5.11 Å². The SMILES string of the molecule is O=C(O)CC1CCCN1C(=O)c1cc(-c2ccc(F)cc2)n[nH]1. The van der Waals surface area contributed by atoms with E-state index in [0.717, 1.165) is 6.42 Å². The van der Waals surface area contributed by atoms with Crippen molar-refractivity contribution in [3.05, 3.63) is 41.8 Å². The van der Waals surface area contributed by atoms with Crippen molar-refractivity contribution in [1.82, 2.24) is 15.1 Å². The topological polar surface area (TPSA) is 86.3 Å². The molecule has 2 aromatic rings. The number of aliphatic carboxylic acids is 1. The number of carbonyl (C=O) groups is 2. The molecule has 7 heteroatoms. The smallest absolute Gasteiger partial charge is 0.305 e. The number of rotatable bonds is 4. The lowest BCUT2D eigenvalue weighted by Gasteiger charge is -2.22. The molecule has 0 spiro atoms. The fourth-order valence-electron chi connectivity index (χ4n) is 2.87. The first kappa shape index (κ1) is 15.2. The molecule has 23 heavy (non-hydrogen) atoms. The summed E-state index contributed by atoms with van der Waals surface area (Å²) < 4.78 is 13.0. The zero-order valence-corrected chi connectivity index (χ0v) is 12.3. The number of amides is 1. The van der Waals surface area contributed by atoms with E-state index < -0.39 is 5.97 Å². The Morgan fingerprint density at radius 3 is 2.78 bits per heavy atom. The fraction of sp³-hybridized carbons (Fsp3) is 0.312. The lowest BCUT2D eigenvalue weighted by Crippen LogP contribution is -2.37. The maximum Gasteiger partial charge on any atom is 0.305 e. The molecule has 0 radical (unpaired) electrons. The van der Waals surface area contributed by atoms with Gasteiger partial charge < -0.3 is 10.0 Å². The highest BCUT2D eigenvalue weighted by molar-refractivity contribution is 5.94. The molecular formula is C16H16FN3O3. The molecule has 0 saturated carbocycles. The van der Waals surface area contributed by atoms with Gasteiger partial charge in [0, 0.05) is 18.2 Å². The fourth-order valence-corrected chi connectivity index (χ4v) is 2.87. The van der Waals surface area contributed by atoms with Crippen molar-refractivity contribution in [3.8, 4) is 11.3 Å².